The smallest absolute Gasteiger partial charge is 0.0698 e. The summed E-state index contributed by atoms with van der Waals surface area (Å²) in [6, 6.07) is 0. The van der Waals surface area contributed by atoms with Crippen molar-refractivity contribution in [1.29, 1.82) is 0 Å². The van der Waals surface area contributed by atoms with Gasteiger partial charge in [-0.25, -0.2) is 0 Å². The van der Waals surface area contributed by atoms with Crippen molar-refractivity contribution in [3.8, 4) is 0 Å². The maximum atomic E-state index is 6.69. The summed E-state index contributed by atoms with van der Waals surface area (Å²) >= 11 is 0. The Hall–Kier alpha value is -0.0800. The van der Waals surface area contributed by atoms with Gasteiger partial charge in [-0.05, 0) is 75.3 Å². The van der Waals surface area contributed by atoms with Crippen molar-refractivity contribution in [2.75, 3.05) is 13.1 Å². The van der Waals surface area contributed by atoms with Crippen LogP contribution in [0.2, 0.25) is 0 Å². The van der Waals surface area contributed by atoms with E-state index < -0.39 is 0 Å². The molecular weight excluding hydrogens is 258 g/mol. The molecular formula is C19H37NO. The van der Waals surface area contributed by atoms with Gasteiger partial charge in [-0.2, -0.15) is 0 Å². The first-order chi connectivity index (χ1) is 9.80. The summed E-state index contributed by atoms with van der Waals surface area (Å²) < 4.78 is 6.69. The van der Waals surface area contributed by atoms with Crippen molar-refractivity contribution < 1.29 is 4.74 Å². The summed E-state index contributed by atoms with van der Waals surface area (Å²) in [6.07, 6.45) is 9.48. The first-order valence-electron chi connectivity index (χ1n) is 9.19. The van der Waals surface area contributed by atoms with Crippen LogP contribution in [-0.4, -0.2) is 24.8 Å². The molecule has 2 rings (SSSR count). The summed E-state index contributed by atoms with van der Waals surface area (Å²) in [7, 11) is 0. The Morgan fingerprint density at radius 2 is 1.90 bits per heavy atom. The number of hydrogen-bond acceptors (Lipinski definition) is 2. The standard InChI is InChI=1S/C19H37NO/c1-15(2)14-20-10-9-19(7-6-8-19)21-17-11-16(3)12-18(4,5)13-17/h15-17,20H,6-14H2,1-5H3. The second-order valence-electron chi connectivity index (χ2n) is 9.04. The third-order valence-electron chi connectivity index (χ3n) is 5.34. The van der Waals surface area contributed by atoms with Crippen molar-refractivity contribution >= 4 is 0 Å². The topological polar surface area (TPSA) is 21.3 Å². The second kappa shape index (κ2) is 7.00. The first-order valence-corrected chi connectivity index (χ1v) is 9.19. The van der Waals surface area contributed by atoms with Crippen LogP contribution < -0.4 is 5.32 Å². The molecule has 2 aliphatic rings. The van der Waals surface area contributed by atoms with Crippen LogP contribution in [0.1, 0.15) is 79.6 Å². The van der Waals surface area contributed by atoms with Crippen molar-refractivity contribution in [2.45, 2.75) is 91.3 Å². The monoisotopic (exact) mass is 295 g/mol. The van der Waals surface area contributed by atoms with E-state index in [1.807, 2.05) is 0 Å². The summed E-state index contributed by atoms with van der Waals surface area (Å²) in [4.78, 5) is 0. The Balaban J connectivity index is 1.80. The molecule has 2 atom stereocenters. The zero-order valence-electron chi connectivity index (χ0n) is 15.0. The Labute approximate surface area is 132 Å². The van der Waals surface area contributed by atoms with Gasteiger partial charge in [0.15, 0.2) is 0 Å². The van der Waals surface area contributed by atoms with Gasteiger partial charge in [0.1, 0.15) is 0 Å². The molecule has 0 bridgehead atoms. The van der Waals surface area contributed by atoms with Gasteiger partial charge in [-0.1, -0.05) is 34.6 Å². The van der Waals surface area contributed by atoms with Gasteiger partial charge >= 0.3 is 0 Å². The van der Waals surface area contributed by atoms with Crippen molar-refractivity contribution in [1.82, 2.24) is 5.32 Å². The SMILES string of the molecule is CC(C)CNCCC1(OC2CC(C)CC(C)(C)C2)CCC1. The minimum absolute atomic E-state index is 0.210. The molecule has 0 saturated heterocycles. The van der Waals surface area contributed by atoms with Crippen LogP contribution in [0.4, 0.5) is 0 Å². The Kier molecular flexibility index (Phi) is 5.76. The molecule has 0 amide bonds. The van der Waals surface area contributed by atoms with E-state index in [1.165, 1.54) is 44.9 Å². The van der Waals surface area contributed by atoms with E-state index in [0.717, 1.165) is 24.9 Å². The predicted molar refractivity (Wildman–Crippen MR) is 90.6 cm³/mol. The molecule has 2 aliphatic carbocycles. The lowest BCUT2D eigenvalue weighted by atomic mass is 9.70. The largest absolute Gasteiger partial charge is 0.372 e. The van der Waals surface area contributed by atoms with Crippen LogP contribution in [0.15, 0.2) is 0 Å². The number of hydrogen-bond donors (Lipinski definition) is 1. The van der Waals surface area contributed by atoms with Crippen molar-refractivity contribution in [2.24, 2.45) is 17.3 Å². The van der Waals surface area contributed by atoms with Crippen molar-refractivity contribution in [3.63, 3.8) is 0 Å². The van der Waals surface area contributed by atoms with E-state index in [-0.39, 0.29) is 5.60 Å². The lowest BCUT2D eigenvalue weighted by Gasteiger charge is -2.48. The summed E-state index contributed by atoms with van der Waals surface area (Å²) in [5, 5.41) is 3.59. The molecule has 2 saturated carbocycles. The fraction of sp³-hybridized carbons (Fsp3) is 1.00. The van der Waals surface area contributed by atoms with Crippen molar-refractivity contribution in [3.05, 3.63) is 0 Å². The third-order valence-corrected chi connectivity index (χ3v) is 5.34. The average Bonchev–Trinajstić information content (AvgIpc) is 2.28. The Morgan fingerprint density at radius 1 is 1.19 bits per heavy atom. The number of rotatable bonds is 7. The molecule has 0 spiro atoms. The highest BCUT2D eigenvalue weighted by Crippen LogP contribution is 2.45. The summed E-state index contributed by atoms with van der Waals surface area (Å²) in [5.41, 5.74) is 0.672. The maximum Gasteiger partial charge on any atom is 0.0698 e. The van der Waals surface area contributed by atoms with Crippen LogP contribution >= 0.6 is 0 Å². The van der Waals surface area contributed by atoms with E-state index in [0.29, 0.717) is 11.5 Å². The third kappa shape index (κ3) is 5.25. The average molecular weight is 296 g/mol. The Bertz CT molecular complexity index is 320. The van der Waals surface area contributed by atoms with Gasteiger partial charge in [0, 0.05) is 0 Å². The highest BCUT2D eigenvalue weighted by atomic mass is 16.5. The molecule has 124 valence electrons. The summed E-state index contributed by atoms with van der Waals surface area (Å²) in [6.45, 7) is 14.0. The highest BCUT2D eigenvalue weighted by molar-refractivity contribution is 4.93. The van der Waals surface area contributed by atoms with E-state index in [1.54, 1.807) is 0 Å². The molecule has 0 radical (unpaired) electrons. The predicted octanol–water partition coefficient (Wildman–Crippen LogP) is 4.78. The Morgan fingerprint density at radius 3 is 2.43 bits per heavy atom. The molecule has 0 aromatic rings. The zero-order chi connectivity index (χ0) is 15.5. The number of nitrogens with one attached hydrogen (secondary N) is 1. The normalized spacial score (nSPS) is 31.1. The van der Waals surface area contributed by atoms with Gasteiger partial charge in [-0.3, -0.25) is 0 Å². The lowest BCUT2D eigenvalue weighted by Crippen LogP contribution is -2.47. The van der Waals surface area contributed by atoms with Gasteiger partial charge in [0.05, 0.1) is 11.7 Å². The van der Waals surface area contributed by atoms with Crippen LogP contribution in [0, 0.1) is 17.3 Å². The lowest BCUT2D eigenvalue weighted by molar-refractivity contribution is -0.166. The first kappa shape index (κ1) is 17.3. The van der Waals surface area contributed by atoms with Gasteiger partial charge in [-0.15, -0.1) is 0 Å². The number of ether oxygens (including phenoxy) is 1. The van der Waals surface area contributed by atoms with Gasteiger partial charge in [0.2, 0.25) is 0 Å². The van der Waals surface area contributed by atoms with E-state index in [4.69, 9.17) is 4.74 Å². The fourth-order valence-corrected chi connectivity index (χ4v) is 4.41. The fourth-order valence-electron chi connectivity index (χ4n) is 4.41. The molecule has 0 heterocycles. The van der Waals surface area contributed by atoms with Crippen LogP contribution in [0.25, 0.3) is 0 Å². The molecule has 0 aliphatic heterocycles. The van der Waals surface area contributed by atoms with E-state index in [9.17, 15) is 0 Å². The van der Waals surface area contributed by atoms with E-state index >= 15 is 0 Å². The highest BCUT2D eigenvalue weighted by Gasteiger charge is 2.42. The molecule has 2 fully saturated rings. The summed E-state index contributed by atoms with van der Waals surface area (Å²) in [5.74, 6) is 1.55. The van der Waals surface area contributed by atoms with E-state index in [2.05, 4.69) is 39.9 Å². The minimum atomic E-state index is 0.210. The van der Waals surface area contributed by atoms with Gasteiger partial charge in [0.25, 0.3) is 0 Å². The molecule has 1 N–H and O–H groups in total. The molecule has 21 heavy (non-hydrogen) atoms. The molecule has 2 nitrogen and oxygen atoms in total. The quantitative estimate of drug-likeness (QED) is 0.683. The minimum Gasteiger partial charge on any atom is -0.372 e. The van der Waals surface area contributed by atoms with Crippen LogP contribution in [0.3, 0.4) is 0 Å². The zero-order valence-corrected chi connectivity index (χ0v) is 15.0. The van der Waals surface area contributed by atoms with Gasteiger partial charge < -0.3 is 10.1 Å². The molecule has 0 aromatic heterocycles. The van der Waals surface area contributed by atoms with Crippen LogP contribution in [-0.2, 0) is 4.74 Å². The maximum absolute atomic E-state index is 6.69. The second-order valence-corrected chi connectivity index (χ2v) is 9.04. The molecule has 2 heteroatoms. The molecule has 0 aromatic carbocycles. The molecule has 2 unspecified atom stereocenters. The van der Waals surface area contributed by atoms with Crippen LogP contribution in [0.5, 0.6) is 0 Å².